The molecule has 0 saturated carbocycles. The fourth-order valence-corrected chi connectivity index (χ4v) is 3.94. The molecule has 2 heterocycles. The van der Waals surface area contributed by atoms with E-state index in [-0.39, 0.29) is 17.4 Å². The summed E-state index contributed by atoms with van der Waals surface area (Å²) < 4.78 is 0. The lowest BCUT2D eigenvalue weighted by Gasteiger charge is -2.40. The quantitative estimate of drug-likeness (QED) is 0.479. The van der Waals surface area contributed by atoms with E-state index in [1.807, 2.05) is 18.2 Å². The van der Waals surface area contributed by atoms with Crippen LogP contribution in [0.1, 0.15) is 22.9 Å². The summed E-state index contributed by atoms with van der Waals surface area (Å²) in [6.07, 6.45) is 0. The highest BCUT2D eigenvalue weighted by atomic mass is 16.6. The van der Waals surface area contributed by atoms with Crippen LogP contribution < -0.4 is 4.90 Å². The molecule has 0 unspecified atom stereocenters. The Balaban J connectivity index is 1.54. The first-order valence-corrected chi connectivity index (χ1v) is 9.82. The Bertz CT molecular complexity index is 1020. The van der Waals surface area contributed by atoms with Gasteiger partial charge in [0.05, 0.1) is 11.0 Å². The molecule has 0 aliphatic carbocycles. The minimum absolute atomic E-state index is 0.147. The van der Waals surface area contributed by atoms with Gasteiger partial charge in [-0.3, -0.25) is 15.0 Å². The van der Waals surface area contributed by atoms with Crippen molar-refractivity contribution in [2.75, 3.05) is 31.1 Å². The number of aromatic nitrogens is 1. The number of piperazine rings is 1. The van der Waals surface area contributed by atoms with E-state index in [2.05, 4.69) is 63.3 Å². The average molecular weight is 399 g/mol. The number of nitriles is 1. The van der Waals surface area contributed by atoms with Gasteiger partial charge >= 0.3 is 5.69 Å². The third-order valence-corrected chi connectivity index (χ3v) is 5.40. The lowest BCUT2D eigenvalue weighted by molar-refractivity contribution is -0.385. The van der Waals surface area contributed by atoms with E-state index in [1.54, 1.807) is 6.07 Å². The summed E-state index contributed by atoms with van der Waals surface area (Å²) in [4.78, 5) is 19.2. The molecule has 1 aliphatic rings. The minimum Gasteiger partial charge on any atom is -0.354 e. The van der Waals surface area contributed by atoms with Crippen molar-refractivity contribution < 1.29 is 4.92 Å². The van der Waals surface area contributed by atoms with Crippen molar-refractivity contribution in [1.29, 1.82) is 5.26 Å². The molecule has 0 spiro atoms. The number of nitro groups is 1. The molecule has 3 aromatic rings. The molecule has 7 nitrogen and oxygen atoms in total. The second-order valence-corrected chi connectivity index (χ2v) is 7.15. The molecular weight excluding hydrogens is 378 g/mol. The zero-order valence-electron chi connectivity index (χ0n) is 16.4. The molecular formula is C23H21N5O2. The van der Waals surface area contributed by atoms with Gasteiger partial charge in [-0.15, -0.1) is 0 Å². The first-order chi connectivity index (χ1) is 14.7. The molecule has 0 amide bonds. The molecule has 1 aliphatic heterocycles. The van der Waals surface area contributed by atoms with E-state index in [4.69, 9.17) is 0 Å². The Kier molecular flexibility index (Phi) is 5.68. The standard InChI is InChI=1S/C23H21N5O2/c24-17-20-21(28(29)30)11-12-22(25-20)26-13-15-27(16-14-26)23(18-7-3-1-4-8-18)19-9-5-2-6-10-19/h1-12,23H,13-16H2. The Morgan fingerprint density at radius 2 is 1.47 bits per heavy atom. The maximum atomic E-state index is 11.0. The summed E-state index contributed by atoms with van der Waals surface area (Å²) in [7, 11) is 0. The Morgan fingerprint density at radius 1 is 0.900 bits per heavy atom. The molecule has 0 radical (unpaired) electrons. The van der Waals surface area contributed by atoms with Crippen molar-refractivity contribution in [1.82, 2.24) is 9.88 Å². The van der Waals surface area contributed by atoms with Gasteiger partial charge in [0.15, 0.2) is 0 Å². The van der Waals surface area contributed by atoms with Gasteiger partial charge in [-0.25, -0.2) is 4.98 Å². The second-order valence-electron chi connectivity index (χ2n) is 7.15. The monoisotopic (exact) mass is 399 g/mol. The van der Waals surface area contributed by atoms with Crippen LogP contribution in [0.15, 0.2) is 72.8 Å². The minimum atomic E-state index is -0.572. The van der Waals surface area contributed by atoms with Crippen LogP contribution in [0.25, 0.3) is 0 Å². The van der Waals surface area contributed by atoms with E-state index < -0.39 is 4.92 Å². The van der Waals surface area contributed by atoms with Crippen LogP contribution in [0, 0.1) is 21.4 Å². The molecule has 30 heavy (non-hydrogen) atoms. The smallest absolute Gasteiger partial charge is 0.305 e. The molecule has 2 aromatic carbocycles. The molecule has 4 rings (SSSR count). The van der Waals surface area contributed by atoms with Crippen LogP contribution in [0.5, 0.6) is 0 Å². The molecule has 0 bridgehead atoms. The summed E-state index contributed by atoms with van der Waals surface area (Å²) in [6.45, 7) is 3.09. The van der Waals surface area contributed by atoms with Crippen molar-refractivity contribution in [3.05, 3.63) is 99.7 Å². The predicted molar refractivity (Wildman–Crippen MR) is 114 cm³/mol. The number of benzene rings is 2. The molecule has 1 aromatic heterocycles. The maximum absolute atomic E-state index is 11.0. The number of hydrogen-bond acceptors (Lipinski definition) is 6. The predicted octanol–water partition coefficient (Wildman–Crippen LogP) is 3.77. The van der Waals surface area contributed by atoms with Crippen LogP contribution in [0.2, 0.25) is 0 Å². The lowest BCUT2D eigenvalue weighted by atomic mass is 9.96. The Hall–Kier alpha value is -3.76. The largest absolute Gasteiger partial charge is 0.354 e. The van der Waals surface area contributed by atoms with Gasteiger partial charge < -0.3 is 4.90 Å². The van der Waals surface area contributed by atoms with Gasteiger partial charge in [0.1, 0.15) is 11.9 Å². The van der Waals surface area contributed by atoms with Gasteiger partial charge in [-0.05, 0) is 17.2 Å². The topological polar surface area (TPSA) is 86.3 Å². The summed E-state index contributed by atoms with van der Waals surface area (Å²) in [5.74, 6) is 0.604. The number of nitrogens with zero attached hydrogens (tertiary/aromatic N) is 5. The van der Waals surface area contributed by atoms with Crippen LogP contribution in [0.4, 0.5) is 11.5 Å². The number of anilines is 1. The van der Waals surface area contributed by atoms with Crippen molar-refractivity contribution in [3.63, 3.8) is 0 Å². The lowest BCUT2D eigenvalue weighted by Crippen LogP contribution is -2.48. The number of pyridine rings is 1. The Morgan fingerprint density at radius 3 is 1.97 bits per heavy atom. The van der Waals surface area contributed by atoms with E-state index in [0.29, 0.717) is 5.82 Å². The summed E-state index contributed by atoms with van der Waals surface area (Å²) >= 11 is 0. The molecule has 0 N–H and O–H groups in total. The van der Waals surface area contributed by atoms with Crippen LogP contribution in [-0.2, 0) is 0 Å². The van der Waals surface area contributed by atoms with E-state index in [0.717, 1.165) is 26.2 Å². The SMILES string of the molecule is N#Cc1nc(N2CCN(C(c3ccccc3)c3ccccc3)CC2)ccc1[N+](=O)[O-]. The van der Waals surface area contributed by atoms with Crippen molar-refractivity contribution in [2.45, 2.75) is 6.04 Å². The number of rotatable bonds is 5. The van der Waals surface area contributed by atoms with E-state index in [9.17, 15) is 15.4 Å². The third-order valence-electron chi connectivity index (χ3n) is 5.40. The normalized spacial score (nSPS) is 14.5. The molecule has 1 saturated heterocycles. The zero-order valence-corrected chi connectivity index (χ0v) is 16.4. The van der Waals surface area contributed by atoms with Gasteiger partial charge in [0.25, 0.3) is 0 Å². The highest BCUT2D eigenvalue weighted by Crippen LogP contribution is 2.30. The third kappa shape index (κ3) is 4.00. The highest BCUT2D eigenvalue weighted by molar-refractivity contribution is 5.52. The second kappa shape index (κ2) is 8.72. The molecule has 1 fully saturated rings. The summed E-state index contributed by atoms with van der Waals surface area (Å²) in [5, 5.41) is 20.3. The molecule has 7 heteroatoms. The fraction of sp³-hybridized carbons (Fsp3) is 0.217. The first kappa shape index (κ1) is 19.6. The van der Waals surface area contributed by atoms with E-state index >= 15 is 0 Å². The van der Waals surface area contributed by atoms with Crippen LogP contribution >= 0.6 is 0 Å². The fourth-order valence-electron chi connectivity index (χ4n) is 3.94. The maximum Gasteiger partial charge on any atom is 0.305 e. The Labute approximate surface area is 175 Å². The van der Waals surface area contributed by atoms with Crippen molar-refractivity contribution in [3.8, 4) is 6.07 Å². The zero-order chi connectivity index (χ0) is 20.9. The average Bonchev–Trinajstić information content (AvgIpc) is 2.80. The van der Waals surface area contributed by atoms with Gasteiger partial charge in [-0.1, -0.05) is 60.7 Å². The van der Waals surface area contributed by atoms with Gasteiger partial charge in [0, 0.05) is 32.2 Å². The van der Waals surface area contributed by atoms with Crippen LogP contribution in [-0.4, -0.2) is 41.0 Å². The summed E-state index contributed by atoms with van der Waals surface area (Å²) in [5.41, 5.74) is 2.09. The van der Waals surface area contributed by atoms with Gasteiger partial charge in [-0.2, -0.15) is 5.26 Å². The molecule has 150 valence electrons. The van der Waals surface area contributed by atoms with Crippen LogP contribution in [0.3, 0.4) is 0 Å². The molecule has 0 atom stereocenters. The van der Waals surface area contributed by atoms with Crippen molar-refractivity contribution in [2.24, 2.45) is 0 Å². The van der Waals surface area contributed by atoms with Gasteiger partial charge in [0.2, 0.25) is 5.69 Å². The van der Waals surface area contributed by atoms with Crippen molar-refractivity contribution >= 4 is 11.5 Å². The highest BCUT2D eigenvalue weighted by Gasteiger charge is 2.27. The summed E-state index contributed by atoms with van der Waals surface area (Å²) in [6, 6.07) is 25.9. The first-order valence-electron chi connectivity index (χ1n) is 9.82. The number of hydrogen-bond donors (Lipinski definition) is 0. The van der Waals surface area contributed by atoms with E-state index in [1.165, 1.54) is 17.2 Å².